The molecule has 1 N–H and O–H groups in total. The maximum Gasteiger partial charge on any atom is 0.137 e. The third-order valence-corrected chi connectivity index (χ3v) is 3.75. The minimum atomic E-state index is -0.531. The summed E-state index contributed by atoms with van der Waals surface area (Å²) in [5, 5.41) is 10.3. The molecule has 1 aromatic heterocycles. The number of ether oxygens (including phenoxy) is 1. The van der Waals surface area contributed by atoms with Gasteiger partial charge in [-0.25, -0.2) is 4.98 Å². The summed E-state index contributed by atoms with van der Waals surface area (Å²) >= 11 is 0. The van der Waals surface area contributed by atoms with Crippen LogP contribution < -0.4 is 4.74 Å². The largest absolute Gasteiger partial charge is 0.493 e. The summed E-state index contributed by atoms with van der Waals surface area (Å²) in [6.45, 7) is 0.717. The molecular weight excluding hydrogens is 240 g/mol. The van der Waals surface area contributed by atoms with Gasteiger partial charge in [-0.15, -0.1) is 0 Å². The van der Waals surface area contributed by atoms with Crippen molar-refractivity contribution in [3.63, 3.8) is 0 Å². The van der Waals surface area contributed by atoms with Gasteiger partial charge in [-0.3, -0.25) is 0 Å². The van der Waals surface area contributed by atoms with Gasteiger partial charge in [0.15, 0.2) is 0 Å². The smallest absolute Gasteiger partial charge is 0.137 e. The number of aliphatic hydroxyl groups is 1. The zero-order chi connectivity index (χ0) is 13.2. The Hall–Kier alpha value is -1.81. The van der Waals surface area contributed by atoms with Gasteiger partial charge < -0.3 is 14.4 Å². The number of aromatic nitrogens is 2. The Morgan fingerprint density at radius 1 is 1.47 bits per heavy atom. The molecule has 0 amide bonds. The van der Waals surface area contributed by atoms with E-state index in [1.807, 2.05) is 36.0 Å². The van der Waals surface area contributed by atoms with Crippen molar-refractivity contribution in [3.05, 3.63) is 48.0 Å². The maximum atomic E-state index is 10.3. The van der Waals surface area contributed by atoms with E-state index in [4.69, 9.17) is 4.74 Å². The van der Waals surface area contributed by atoms with E-state index in [0.29, 0.717) is 12.3 Å². The molecule has 1 aliphatic rings. The van der Waals surface area contributed by atoms with Crippen LogP contribution in [0.1, 0.15) is 36.3 Å². The standard InChI is InChI=1S/C15H18N2O2/c1-17-8-7-16-15(17)13(18)10-11-6-9-19-14-5-3-2-4-12(11)14/h2-5,7-8,11,13,18H,6,9-10H2,1H3. The number of hydrogen-bond acceptors (Lipinski definition) is 3. The van der Waals surface area contributed by atoms with E-state index in [1.54, 1.807) is 6.20 Å². The first-order chi connectivity index (χ1) is 9.25. The summed E-state index contributed by atoms with van der Waals surface area (Å²) < 4.78 is 7.52. The van der Waals surface area contributed by atoms with Crippen molar-refractivity contribution in [3.8, 4) is 5.75 Å². The second-order valence-electron chi connectivity index (χ2n) is 5.02. The highest BCUT2D eigenvalue weighted by molar-refractivity contribution is 5.37. The van der Waals surface area contributed by atoms with Crippen molar-refractivity contribution in [1.82, 2.24) is 9.55 Å². The first kappa shape index (κ1) is 12.2. The third kappa shape index (κ3) is 2.36. The summed E-state index contributed by atoms with van der Waals surface area (Å²) in [5.41, 5.74) is 1.20. The van der Waals surface area contributed by atoms with Crippen LogP contribution in [0.2, 0.25) is 0 Å². The molecule has 4 nitrogen and oxygen atoms in total. The van der Waals surface area contributed by atoms with E-state index >= 15 is 0 Å². The zero-order valence-corrected chi connectivity index (χ0v) is 11.0. The molecule has 0 saturated carbocycles. The molecule has 4 heteroatoms. The van der Waals surface area contributed by atoms with Crippen LogP contribution in [0.3, 0.4) is 0 Å². The first-order valence-electron chi connectivity index (χ1n) is 6.62. The van der Waals surface area contributed by atoms with Gasteiger partial charge in [0.25, 0.3) is 0 Å². The highest BCUT2D eigenvalue weighted by Gasteiger charge is 2.25. The van der Waals surface area contributed by atoms with Gasteiger partial charge in [0.05, 0.1) is 6.61 Å². The lowest BCUT2D eigenvalue weighted by Gasteiger charge is -2.27. The highest BCUT2D eigenvalue weighted by atomic mass is 16.5. The lowest BCUT2D eigenvalue weighted by molar-refractivity contribution is 0.134. The van der Waals surface area contributed by atoms with Crippen LogP contribution in [0.25, 0.3) is 0 Å². The molecule has 100 valence electrons. The van der Waals surface area contributed by atoms with E-state index in [-0.39, 0.29) is 0 Å². The number of para-hydroxylation sites is 1. The van der Waals surface area contributed by atoms with Gasteiger partial charge >= 0.3 is 0 Å². The minimum absolute atomic E-state index is 0.330. The molecular formula is C15H18N2O2. The third-order valence-electron chi connectivity index (χ3n) is 3.75. The SMILES string of the molecule is Cn1ccnc1C(O)CC1CCOc2ccccc21. The number of benzene rings is 1. The molecule has 0 saturated heterocycles. The van der Waals surface area contributed by atoms with Gasteiger partial charge in [0, 0.05) is 19.4 Å². The Kier molecular flexibility index (Phi) is 3.25. The Morgan fingerprint density at radius 2 is 2.32 bits per heavy atom. The average Bonchev–Trinajstić information content (AvgIpc) is 2.85. The van der Waals surface area contributed by atoms with Crippen molar-refractivity contribution >= 4 is 0 Å². The number of hydrogen-bond donors (Lipinski definition) is 1. The second-order valence-corrected chi connectivity index (χ2v) is 5.02. The van der Waals surface area contributed by atoms with Crippen LogP contribution in [0, 0.1) is 0 Å². The molecule has 2 heterocycles. The van der Waals surface area contributed by atoms with E-state index in [1.165, 1.54) is 5.56 Å². The number of rotatable bonds is 3. The van der Waals surface area contributed by atoms with Gasteiger partial charge in [0.2, 0.25) is 0 Å². The highest BCUT2D eigenvalue weighted by Crippen LogP contribution is 2.38. The Labute approximate surface area is 112 Å². The topological polar surface area (TPSA) is 47.3 Å². The van der Waals surface area contributed by atoms with Gasteiger partial charge in [-0.1, -0.05) is 18.2 Å². The molecule has 0 aliphatic carbocycles. The van der Waals surface area contributed by atoms with Crippen molar-refractivity contribution < 1.29 is 9.84 Å². The monoisotopic (exact) mass is 258 g/mol. The van der Waals surface area contributed by atoms with Crippen molar-refractivity contribution in [1.29, 1.82) is 0 Å². The fraction of sp³-hybridized carbons (Fsp3) is 0.400. The molecule has 3 rings (SSSR count). The Morgan fingerprint density at radius 3 is 3.11 bits per heavy atom. The number of imidazole rings is 1. The minimum Gasteiger partial charge on any atom is -0.493 e. The Bertz CT molecular complexity index is 565. The Balaban J connectivity index is 1.80. The van der Waals surface area contributed by atoms with Crippen LogP contribution in [0.15, 0.2) is 36.7 Å². The molecule has 0 fully saturated rings. The quantitative estimate of drug-likeness (QED) is 0.919. The number of fused-ring (bicyclic) bond motifs is 1. The molecule has 0 bridgehead atoms. The molecule has 0 spiro atoms. The van der Waals surface area contributed by atoms with Crippen LogP contribution >= 0.6 is 0 Å². The normalized spacial score (nSPS) is 19.6. The van der Waals surface area contributed by atoms with Gasteiger partial charge in [-0.05, 0) is 30.4 Å². The maximum absolute atomic E-state index is 10.3. The zero-order valence-electron chi connectivity index (χ0n) is 11.0. The summed E-state index contributed by atoms with van der Waals surface area (Å²) in [6, 6.07) is 8.09. The van der Waals surface area contributed by atoms with E-state index in [9.17, 15) is 5.11 Å². The molecule has 19 heavy (non-hydrogen) atoms. The fourth-order valence-electron chi connectivity index (χ4n) is 2.73. The first-order valence-corrected chi connectivity index (χ1v) is 6.62. The molecule has 0 radical (unpaired) electrons. The summed E-state index contributed by atoms with van der Waals surface area (Å²) in [7, 11) is 1.91. The second kappa shape index (κ2) is 5.05. The number of nitrogens with zero attached hydrogens (tertiary/aromatic N) is 2. The van der Waals surface area contributed by atoms with Crippen LogP contribution in [-0.4, -0.2) is 21.3 Å². The van der Waals surface area contributed by atoms with Crippen LogP contribution in [0.4, 0.5) is 0 Å². The van der Waals surface area contributed by atoms with Gasteiger partial charge in [0.1, 0.15) is 17.7 Å². The van der Waals surface area contributed by atoms with E-state index < -0.39 is 6.10 Å². The predicted molar refractivity (Wildman–Crippen MR) is 72.1 cm³/mol. The van der Waals surface area contributed by atoms with Gasteiger partial charge in [-0.2, -0.15) is 0 Å². The van der Waals surface area contributed by atoms with Crippen molar-refractivity contribution in [2.45, 2.75) is 24.9 Å². The number of aliphatic hydroxyl groups excluding tert-OH is 1. The molecule has 2 atom stereocenters. The van der Waals surface area contributed by atoms with E-state index in [0.717, 1.165) is 24.6 Å². The lowest BCUT2D eigenvalue weighted by atomic mass is 9.88. The van der Waals surface area contributed by atoms with Crippen molar-refractivity contribution in [2.24, 2.45) is 7.05 Å². The molecule has 1 aromatic carbocycles. The van der Waals surface area contributed by atoms with E-state index in [2.05, 4.69) is 11.1 Å². The molecule has 2 aromatic rings. The summed E-state index contributed by atoms with van der Waals surface area (Å²) in [5.74, 6) is 2.01. The fourth-order valence-corrected chi connectivity index (χ4v) is 2.73. The van der Waals surface area contributed by atoms with Crippen molar-refractivity contribution in [2.75, 3.05) is 6.61 Å². The molecule has 1 aliphatic heterocycles. The number of aryl methyl sites for hydroxylation is 1. The molecule has 2 unspecified atom stereocenters. The summed E-state index contributed by atoms with van der Waals surface area (Å²) in [6.07, 6.45) is 4.67. The summed E-state index contributed by atoms with van der Waals surface area (Å²) in [4.78, 5) is 4.22. The average molecular weight is 258 g/mol. The van der Waals surface area contributed by atoms with Crippen LogP contribution in [0.5, 0.6) is 5.75 Å². The van der Waals surface area contributed by atoms with Crippen LogP contribution in [-0.2, 0) is 7.05 Å². The lowest BCUT2D eigenvalue weighted by Crippen LogP contribution is -2.17. The predicted octanol–water partition coefficient (Wildman–Crippen LogP) is 2.41.